The third kappa shape index (κ3) is 8.02. The Kier molecular flexibility index (Phi) is 12.3. The monoisotopic (exact) mass is 862 g/mol. The number of hydrogen-bond donors (Lipinski definition) is 0. The van der Waals surface area contributed by atoms with Crippen LogP contribution < -0.4 is 18.4 Å². The van der Waals surface area contributed by atoms with E-state index in [1.807, 2.05) is 24.3 Å². The van der Waals surface area contributed by atoms with Crippen molar-refractivity contribution < 1.29 is 0 Å². The van der Waals surface area contributed by atoms with E-state index in [1.165, 1.54) is 0 Å². The summed E-state index contributed by atoms with van der Waals surface area (Å²) in [6.07, 6.45) is 0. The van der Waals surface area contributed by atoms with Gasteiger partial charge in [0.15, 0.2) is 0 Å². The van der Waals surface area contributed by atoms with Crippen LogP contribution in [0.4, 0.5) is 0 Å². The molecule has 0 radical (unpaired) electrons. The summed E-state index contributed by atoms with van der Waals surface area (Å²) < 4.78 is 6.38. The van der Waals surface area contributed by atoms with Crippen molar-refractivity contribution in [3.8, 4) is 0 Å². The summed E-state index contributed by atoms with van der Waals surface area (Å²) >= 11 is -3.46. The fourth-order valence-electron chi connectivity index (χ4n) is 11.9. The molecule has 52 heavy (non-hydrogen) atoms. The van der Waals surface area contributed by atoms with Crippen LogP contribution in [0.1, 0.15) is 82.1 Å². The fourth-order valence-corrected chi connectivity index (χ4v) is 68.7. The summed E-state index contributed by atoms with van der Waals surface area (Å²) in [6.45, 7) is 58.6. The molecular weight excluding hydrogens is 782 g/mol. The van der Waals surface area contributed by atoms with Crippen molar-refractivity contribution in [1.82, 2.24) is 0 Å². The first kappa shape index (κ1) is 44.2. The average Bonchev–Trinajstić information content (AvgIpc) is 2.89. The van der Waals surface area contributed by atoms with E-state index in [4.69, 9.17) is 0 Å². The molecule has 288 valence electrons. The SMILES string of the molecule is CC(C)c1cccc(C(C)C)[c]1[Ge]1([c]2ccccc2[Si](C)(C)C)[c]2c(C([Si](C)(C)C)[Si](C)(C)C)cc(C([Si](C)(C)C)[Si](C)(C)C)cc2[CH]1[Si](C)(C)C. The van der Waals surface area contributed by atoms with Gasteiger partial charge in [-0.25, -0.2) is 0 Å². The van der Waals surface area contributed by atoms with Crippen molar-refractivity contribution in [2.24, 2.45) is 0 Å². The van der Waals surface area contributed by atoms with Gasteiger partial charge in [-0.05, 0) is 0 Å². The fraction of sp³-hybridized carbons (Fsp3) is 0.600. The molecule has 1 aliphatic heterocycles. The quantitative estimate of drug-likeness (QED) is 0.159. The Morgan fingerprint density at radius 1 is 0.481 bits per heavy atom. The van der Waals surface area contributed by atoms with Crippen molar-refractivity contribution in [2.75, 3.05) is 0 Å². The van der Waals surface area contributed by atoms with Gasteiger partial charge in [-0.1, -0.05) is 0 Å². The van der Waals surface area contributed by atoms with Gasteiger partial charge in [0, 0.05) is 0 Å². The molecule has 2 unspecified atom stereocenters. The molecule has 0 nitrogen and oxygen atoms in total. The summed E-state index contributed by atoms with van der Waals surface area (Å²) in [5.74, 6) is 0.995. The minimum absolute atomic E-state index is 0.497. The van der Waals surface area contributed by atoms with Crippen LogP contribution in [-0.4, -0.2) is 61.7 Å². The summed E-state index contributed by atoms with van der Waals surface area (Å²) in [7, 11) is -9.84. The normalized spacial score (nSPS) is 19.2. The van der Waals surface area contributed by atoms with Crippen LogP contribution in [0, 0.1) is 0 Å². The number of hydrogen-bond acceptors (Lipinski definition) is 0. The first-order chi connectivity index (χ1) is 23.3. The second-order valence-electron chi connectivity index (χ2n) is 23.9. The molecule has 2 atom stereocenters. The summed E-state index contributed by atoms with van der Waals surface area (Å²) in [5, 5.41) is 3.23. The zero-order valence-corrected chi connectivity index (χ0v) is 46.2. The van der Waals surface area contributed by atoms with E-state index < -0.39 is 61.7 Å². The molecule has 1 heterocycles. The van der Waals surface area contributed by atoms with Gasteiger partial charge in [-0.15, -0.1) is 0 Å². The Morgan fingerprint density at radius 3 is 1.31 bits per heavy atom. The van der Waals surface area contributed by atoms with Crippen molar-refractivity contribution >= 4 is 80.1 Å². The number of rotatable bonds is 12. The molecule has 0 spiro atoms. The molecule has 0 saturated carbocycles. The zero-order chi connectivity index (χ0) is 39.9. The van der Waals surface area contributed by atoms with Crippen molar-refractivity contribution in [1.29, 1.82) is 0 Å². The number of fused-ring (bicyclic) bond motifs is 1. The van der Waals surface area contributed by atoms with E-state index in [9.17, 15) is 0 Å². The van der Waals surface area contributed by atoms with E-state index in [0.29, 0.717) is 16.2 Å². The van der Waals surface area contributed by atoms with E-state index >= 15 is 0 Å². The van der Waals surface area contributed by atoms with Crippen LogP contribution in [0.15, 0.2) is 54.6 Å². The molecule has 0 amide bonds. The molecule has 3 aromatic carbocycles. The van der Waals surface area contributed by atoms with Crippen LogP contribution in [-0.2, 0) is 0 Å². The summed E-state index contributed by atoms with van der Waals surface area (Å²) in [6, 6.07) is 23.6. The van der Waals surface area contributed by atoms with Gasteiger partial charge >= 0.3 is 335 Å². The maximum absolute atomic E-state index is 3.46. The van der Waals surface area contributed by atoms with Gasteiger partial charge in [-0.2, -0.15) is 0 Å². The van der Waals surface area contributed by atoms with E-state index in [1.54, 1.807) is 21.9 Å². The first-order valence-electron chi connectivity index (χ1n) is 20.7. The predicted octanol–water partition coefficient (Wildman–Crippen LogP) is 12.1. The maximum atomic E-state index is 2.96. The van der Waals surface area contributed by atoms with Crippen molar-refractivity contribution in [3.63, 3.8) is 0 Å². The standard InChI is InChI=1S/C45H80GeSi6/c1-32(2)35-26-25-27-36(33(3)4)41(35)46(39-28-23-24-29-40(39)47(5,6)7)42-37(43(46)48(8,9)10)30-34(44(49(11,12)13)50(14,15)16)31-38(42)45(51(17,18)19)52(20,21)22/h23-33,43-45H,1-22H3. The Labute approximate surface area is 332 Å². The van der Waals surface area contributed by atoms with E-state index in [-0.39, 0.29) is 0 Å². The van der Waals surface area contributed by atoms with Gasteiger partial charge in [0.2, 0.25) is 0 Å². The summed E-state index contributed by atoms with van der Waals surface area (Å²) in [4.78, 5) is 0. The molecule has 1 aliphatic rings. The Hall–Kier alpha value is -0.496. The van der Waals surface area contributed by atoms with Crippen LogP contribution in [0.3, 0.4) is 0 Å². The third-order valence-electron chi connectivity index (χ3n) is 12.3. The van der Waals surface area contributed by atoms with Crippen molar-refractivity contribution in [2.45, 2.75) is 172 Å². The first-order valence-corrected chi connectivity index (χ1v) is 46.5. The molecule has 0 aromatic heterocycles. The van der Waals surface area contributed by atoms with E-state index in [2.05, 4.69) is 200 Å². The zero-order valence-electron chi connectivity index (χ0n) is 38.1. The van der Waals surface area contributed by atoms with Crippen LogP contribution in [0.2, 0.25) is 118 Å². The van der Waals surface area contributed by atoms with Gasteiger partial charge in [0.05, 0.1) is 0 Å². The van der Waals surface area contributed by atoms with Crippen LogP contribution >= 0.6 is 0 Å². The van der Waals surface area contributed by atoms with Gasteiger partial charge < -0.3 is 0 Å². The minimum atomic E-state index is -3.46. The summed E-state index contributed by atoms with van der Waals surface area (Å²) in [5.41, 5.74) is 8.81. The Morgan fingerprint density at radius 2 is 0.923 bits per heavy atom. The molecule has 4 rings (SSSR count). The molecule has 3 aromatic rings. The molecule has 0 saturated heterocycles. The van der Waals surface area contributed by atoms with Crippen LogP contribution in [0.5, 0.6) is 0 Å². The van der Waals surface area contributed by atoms with Gasteiger partial charge in [0.1, 0.15) is 0 Å². The molecule has 0 aliphatic carbocycles. The molecule has 0 fully saturated rings. The third-order valence-corrected chi connectivity index (χ3v) is 54.1. The molecule has 0 N–H and O–H groups in total. The van der Waals surface area contributed by atoms with Gasteiger partial charge in [0.25, 0.3) is 0 Å². The van der Waals surface area contributed by atoms with Crippen molar-refractivity contribution in [3.05, 3.63) is 82.4 Å². The average molecular weight is 862 g/mol. The van der Waals surface area contributed by atoms with Gasteiger partial charge in [-0.3, -0.25) is 0 Å². The number of benzene rings is 3. The predicted molar refractivity (Wildman–Crippen MR) is 260 cm³/mol. The molecular formula is C45H80GeSi6. The Balaban J connectivity index is 2.51. The van der Waals surface area contributed by atoms with Crippen LogP contribution in [0.25, 0.3) is 0 Å². The topological polar surface area (TPSA) is 0 Å². The second kappa shape index (κ2) is 14.5. The van der Waals surface area contributed by atoms with E-state index in [0.717, 1.165) is 10.3 Å². The second-order valence-corrected chi connectivity index (χ2v) is 65.7. The molecule has 0 bridgehead atoms. The molecule has 7 heteroatoms. The Bertz CT molecular complexity index is 1710.